The molecule has 2 aromatic carbocycles. The second-order valence-electron chi connectivity index (χ2n) is 8.41. The molecule has 0 unspecified atom stereocenters. The van der Waals surface area contributed by atoms with Gasteiger partial charge in [-0.3, -0.25) is 14.6 Å². The van der Waals surface area contributed by atoms with Gasteiger partial charge in [0.1, 0.15) is 6.04 Å². The van der Waals surface area contributed by atoms with Gasteiger partial charge in [-0.25, -0.2) is 4.68 Å². The number of nitrogens with one attached hydrogen (secondary N) is 2. The lowest BCUT2D eigenvalue weighted by Crippen LogP contribution is -2.31. The van der Waals surface area contributed by atoms with E-state index in [1.54, 1.807) is 17.1 Å². The van der Waals surface area contributed by atoms with Crippen LogP contribution in [-0.2, 0) is 4.79 Å². The van der Waals surface area contributed by atoms with Gasteiger partial charge in [-0.05, 0) is 37.6 Å². The molecule has 5 rings (SSSR count). The minimum absolute atomic E-state index is 0.00164. The van der Waals surface area contributed by atoms with E-state index in [0.29, 0.717) is 33.6 Å². The highest BCUT2D eigenvalue weighted by atomic mass is 32.2. The summed E-state index contributed by atoms with van der Waals surface area (Å²) in [7, 11) is 0. The zero-order valence-electron chi connectivity index (χ0n) is 19.8. The van der Waals surface area contributed by atoms with Crippen LogP contribution in [0.4, 0.5) is 11.6 Å². The predicted octanol–water partition coefficient (Wildman–Crippen LogP) is 4.88. The van der Waals surface area contributed by atoms with Crippen molar-refractivity contribution in [3.05, 3.63) is 107 Å². The summed E-state index contributed by atoms with van der Waals surface area (Å²) in [5.74, 6) is 0.465. The van der Waals surface area contributed by atoms with Crippen LogP contribution in [-0.4, -0.2) is 37.2 Å². The van der Waals surface area contributed by atoms with Crippen molar-refractivity contribution in [2.24, 2.45) is 0 Å². The van der Waals surface area contributed by atoms with Crippen molar-refractivity contribution in [1.82, 2.24) is 19.7 Å². The average Bonchev–Trinajstić information content (AvgIpc) is 3.30. The van der Waals surface area contributed by atoms with Gasteiger partial charge in [0.05, 0.1) is 11.3 Å². The molecule has 0 saturated heterocycles. The third kappa shape index (κ3) is 4.92. The van der Waals surface area contributed by atoms with Crippen LogP contribution in [0.5, 0.6) is 0 Å². The first-order chi connectivity index (χ1) is 17.5. The van der Waals surface area contributed by atoms with E-state index in [9.17, 15) is 9.59 Å². The van der Waals surface area contributed by atoms with Crippen LogP contribution >= 0.6 is 11.8 Å². The first kappa shape index (κ1) is 23.5. The number of hydrogen-bond acceptors (Lipinski definition) is 7. The maximum Gasteiger partial charge on any atom is 0.255 e. The summed E-state index contributed by atoms with van der Waals surface area (Å²) in [5.41, 5.74) is 4.44. The van der Waals surface area contributed by atoms with E-state index < -0.39 is 6.04 Å². The number of aryl methyl sites for hydroxylation is 1. The number of carbonyl (C=O) groups excluding carboxylic acids is 2. The Balaban J connectivity index is 1.43. The van der Waals surface area contributed by atoms with Crippen molar-refractivity contribution in [3.8, 4) is 0 Å². The fourth-order valence-corrected chi connectivity index (χ4v) is 4.73. The van der Waals surface area contributed by atoms with Crippen LogP contribution in [0.25, 0.3) is 0 Å². The Morgan fingerprint density at radius 2 is 1.81 bits per heavy atom. The molecule has 8 nitrogen and oxygen atoms in total. The predicted molar refractivity (Wildman–Crippen MR) is 140 cm³/mol. The molecule has 1 aliphatic rings. The van der Waals surface area contributed by atoms with E-state index in [-0.39, 0.29) is 17.4 Å². The molecule has 1 aliphatic heterocycles. The highest BCUT2D eigenvalue weighted by Gasteiger charge is 2.34. The first-order valence-electron chi connectivity index (χ1n) is 11.4. The Morgan fingerprint density at radius 3 is 2.53 bits per heavy atom. The number of anilines is 2. The number of thioether (sulfide) groups is 1. The number of allylic oxidation sites excluding steroid dienone is 1. The number of ketones is 1. The summed E-state index contributed by atoms with van der Waals surface area (Å²) in [6, 6.07) is 20.0. The molecular weight excluding hydrogens is 472 g/mol. The molecule has 0 aliphatic carbocycles. The maximum atomic E-state index is 13.4. The third-order valence-electron chi connectivity index (χ3n) is 5.82. The minimum atomic E-state index is -0.534. The summed E-state index contributed by atoms with van der Waals surface area (Å²) in [6.45, 7) is 3.83. The number of hydrogen-bond donors (Lipinski definition) is 2. The lowest BCUT2D eigenvalue weighted by atomic mass is 9.96. The number of Topliss-reactive ketones (excluding diaryl/α,β-unsaturated/α-hetero) is 1. The van der Waals surface area contributed by atoms with E-state index in [0.717, 1.165) is 11.1 Å². The van der Waals surface area contributed by atoms with Gasteiger partial charge >= 0.3 is 0 Å². The van der Waals surface area contributed by atoms with Gasteiger partial charge in [0.25, 0.3) is 5.91 Å². The Kier molecular flexibility index (Phi) is 6.64. The van der Waals surface area contributed by atoms with Crippen LogP contribution in [0.1, 0.15) is 34.5 Å². The average molecular weight is 497 g/mol. The Morgan fingerprint density at radius 1 is 1.03 bits per heavy atom. The molecule has 4 aromatic rings. The summed E-state index contributed by atoms with van der Waals surface area (Å²) in [4.78, 5) is 34.9. The SMILES string of the molecule is CC1=C(C(=O)Nc2ccccc2)[C@H](c2cccnc2)n2nc(SCC(=O)c3ccc(C)cc3)nc2N1. The third-order valence-corrected chi connectivity index (χ3v) is 6.65. The highest BCUT2D eigenvalue weighted by Crippen LogP contribution is 2.36. The largest absolute Gasteiger partial charge is 0.328 e. The van der Waals surface area contributed by atoms with Gasteiger partial charge in [-0.15, -0.1) is 5.10 Å². The van der Waals surface area contributed by atoms with Crippen molar-refractivity contribution < 1.29 is 9.59 Å². The van der Waals surface area contributed by atoms with E-state index in [1.165, 1.54) is 11.8 Å². The number of carbonyl (C=O) groups is 2. The number of pyridine rings is 1. The smallest absolute Gasteiger partial charge is 0.255 e. The molecule has 2 N–H and O–H groups in total. The second kappa shape index (κ2) is 10.2. The maximum absolute atomic E-state index is 13.4. The Hall–Kier alpha value is -4.24. The summed E-state index contributed by atoms with van der Waals surface area (Å²) < 4.78 is 1.68. The van der Waals surface area contributed by atoms with Crippen molar-refractivity contribution in [2.45, 2.75) is 25.0 Å². The first-order valence-corrected chi connectivity index (χ1v) is 12.4. The van der Waals surface area contributed by atoms with Crippen LogP contribution in [0.2, 0.25) is 0 Å². The lowest BCUT2D eigenvalue weighted by molar-refractivity contribution is -0.113. The van der Waals surface area contributed by atoms with Gasteiger partial charge in [0.15, 0.2) is 5.78 Å². The number of aromatic nitrogens is 4. The van der Waals surface area contributed by atoms with Gasteiger partial charge < -0.3 is 10.6 Å². The molecule has 36 heavy (non-hydrogen) atoms. The van der Waals surface area contributed by atoms with Crippen LogP contribution in [0.3, 0.4) is 0 Å². The van der Waals surface area contributed by atoms with Crippen molar-refractivity contribution >= 4 is 35.1 Å². The standard InChI is InChI=1S/C27H24N6O2S/c1-17-10-12-19(13-11-17)22(34)16-36-27-31-26-29-18(2)23(25(35)30-21-8-4-3-5-9-21)24(33(26)32-27)20-7-6-14-28-15-20/h3-15,24H,16H2,1-2H3,(H,30,35)(H,29,31,32)/t24-/m0/s1. The molecule has 3 heterocycles. The van der Waals surface area contributed by atoms with Gasteiger partial charge in [-0.1, -0.05) is 65.9 Å². The number of rotatable bonds is 7. The second-order valence-corrected chi connectivity index (χ2v) is 9.36. The molecule has 1 amide bonds. The zero-order valence-corrected chi connectivity index (χ0v) is 20.6. The topological polar surface area (TPSA) is 102 Å². The van der Waals surface area contributed by atoms with Crippen molar-refractivity contribution in [1.29, 1.82) is 0 Å². The zero-order chi connectivity index (χ0) is 25.1. The number of nitrogens with zero attached hydrogens (tertiary/aromatic N) is 4. The quantitative estimate of drug-likeness (QED) is 0.278. The van der Waals surface area contributed by atoms with Crippen LogP contribution in [0.15, 0.2) is 95.6 Å². The van der Waals surface area contributed by atoms with E-state index in [2.05, 4.69) is 25.7 Å². The summed E-state index contributed by atoms with van der Waals surface area (Å²) in [5, 5.41) is 11.3. The minimum Gasteiger partial charge on any atom is -0.328 e. The molecule has 0 bridgehead atoms. The van der Waals surface area contributed by atoms with Gasteiger partial charge in [-0.2, -0.15) is 4.98 Å². The van der Waals surface area contributed by atoms with E-state index in [4.69, 9.17) is 0 Å². The fraction of sp³-hybridized carbons (Fsp3) is 0.148. The fourth-order valence-electron chi connectivity index (χ4n) is 4.01. The number of fused-ring (bicyclic) bond motifs is 1. The molecular formula is C27H24N6O2S. The molecule has 180 valence electrons. The van der Waals surface area contributed by atoms with Crippen LogP contribution < -0.4 is 10.6 Å². The summed E-state index contributed by atoms with van der Waals surface area (Å²) in [6.07, 6.45) is 3.41. The number of para-hydroxylation sites is 1. The molecule has 2 aromatic heterocycles. The molecule has 1 atom stereocenters. The Bertz CT molecular complexity index is 1430. The van der Waals surface area contributed by atoms with E-state index in [1.807, 2.05) is 80.6 Å². The normalized spacial score (nSPS) is 14.7. The highest BCUT2D eigenvalue weighted by molar-refractivity contribution is 7.99. The number of benzene rings is 2. The van der Waals surface area contributed by atoms with Crippen molar-refractivity contribution in [3.63, 3.8) is 0 Å². The Labute approximate surface area is 212 Å². The van der Waals surface area contributed by atoms with E-state index >= 15 is 0 Å². The number of amides is 1. The summed E-state index contributed by atoms with van der Waals surface area (Å²) >= 11 is 1.26. The molecule has 0 radical (unpaired) electrons. The van der Waals surface area contributed by atoms with Crippen LogP contribution in [0, 0.1) is 6.92 Å². The molecule has 9 heteroatoms. The lowest BCUT2D eigenvalue weighted by Gasteiger charge is -2.28. The molecule has 0 saturated carbocycles. The monoisotopic (exact) mass is 496 g/mol. The molecule has 0 spiro atoms. The van der Waals surface area contributed by atoms with Crippen molar-refractivity contribution in [2.75, 3.05) is 16.4 Å². The van der Waals surface area contributed by atoms with Gasteiger partial charge in [0.2, 0.25) is 11.1 Å². The molecule has 0 fully saturated rings. The van der Waals surface area contributed by atoms with Gasteiger partial charge in [0, 0.05) is 29.3 Å².